The van der Waals surface area contributed by atoms with Crippen molar-refractivity contribution in [2.75, 3.05) is 6.61 Å². The van der Waals surface area contributed by atoms with Crippen molar-refractivity contribution in [1.82, 2.24) is 0 Å². The molecule has 2 aromatic rings. The van der Waals surface area contributed by atoms with E-state index in [1.165, 1.54) is 24.3 Å². The lowest BCUT2D eigenvalue weighted by Gasteiger charge is -2.01. The molecule has 21 heavy (non-hydrogen) atoms. The van der Waals surface area contributed by atoms with Gasteiger partial charge in [0, 0.05) is 0 Å². The van der Waals surface area contributed by atoms with E-state index in [2.05, 4.69) is 10.2 Å². The minimum atomic E-state index is -4.18. The van der Waals surface area contributed by atoms with Gasteiger partial charge in [-0.3, -0.25) is 4.55 Å². The summed E-state index contributed by atoms with van der Waals surface area (Å²) in [5.74, 6) is 0.758. The summed E-state index contributed by atoms with van der Waals surface area (Å²) in [7, 11) is -4.18. The highest BCUT2D eigenvalue weighted by molar-refractivity contribution is 7.85. The average molecular weight is 306 g/mol. The van der Waals surface area contributed by atoms with Gasteiger partial charge in [0.1, 0.15) is 5.75 Å². The summed E-state index contributed by atoms with van der Waals surface area (Å²) >= 11 is 0. The fourth-order valence-corrected chi connectivity index (χ4v) is 2.06. The molecular formula is C14H14N2O4S. The predicted molar refractivity (Wildman–Crippen MR) is 78.0 cm³/mol. The summed E-state index contributed by atoms with van der Waals surface area (Å²) in [6.45, 7) is 2.50. The first-order valence-corrected chi connectivity index (χ1v) is 7.65. The zero-order valence-corrected chi connectivity index (χ0v) is 12.1. The molecule has 0 fully saturated rings. The van der Waals surface area contributed by atoms with E-state index in [0.29, 0.717) is 18.0 Å². The smallest absolute Gasteiger partial charge is 0.294 e. The monoisotopic (exact) mass is 306 g/mol. The molecule has 7 heteroatoms. The number of hydrogen-bond acceptors (Lipinski definition) is 5. The first kappa shape index (κ1) is 15.1. The third kappa shape index (κ3) is 4.37. The number of hydrogen-bond donors (Lipinski definition) is 1. The lowest BCUT2D eigenvalue weighted by molar-refractivity contribution is 0.340. The van der Waals surface area contributed by atoms with Crippen LogP contribution in [0.2, 0.25) is 0 Å². The third-order valence-electron chi connectivity index (χ3n) is 2.56. The summed E-state index contributed by atoms with van der Waals surface area (Å²) in [5, 5.41) is 8.01. The van der Waals surface area contributed by atoms with Crippen LogP contribution in [-0.4, -0.2) is 19.6 Å². The van der Waals surface area contributed by atoms with E-state index < -0.39 is 10.1 Å². The third-order valence-corrected chi connectivity index (χ3v) is 3.43. The van der Waals surface area contributed by atoms with Gasteiger partial charge in [-0.1, -0.05) is 0 Å². The fraction of sp³-hybridized carbons (Fsp3) is 0.143. The summed E-state index contributed by atoms with van der Waals surface area (Å²) in [4.78, 5) is -0.178. The Balaban J connectivity index is 2.10. The molecule has 0 aromatic heterocycles. The van der Waals surface area contributed by atoms with Gasteiger partial charge in [-0.15, -0.1) is 0 Å². The zero-order valence-electron chi connectivity index (χ0n) is 11.3. The Bertz CT molecular complexity index is 723. The van der Waals surface area contributed by atoms with Crippen molar-refractivity contribution in [3.8, 4) is 5.75 Å². The number of azo groups is 1. The minimum absolute atomic E-state index is 0.178. The number of nitrogens with zero attached hydrogens (tertiary/aromatic N) is 2. The second-order valence-corrected chi connectivity index (χ2v) is 5.52. The molecule has 0 radical (unpaired) electrons. The Kier molecular flexibility index (Phi) is 4.66. The van der Waals surface area contributed by atoms with Gasteiger partial charge < -0.3 is 4.74 Å². The Morgan fingerprint density at radius 1 is 0.952 bits per heavy atom. The van der Waals surface area contributed by atoms with Gasteiger partial charge >= 0.3 is 0 Å². The van der Waals surface area contributed by atoms with Gasteiger partial charge in [0.2, 0.25) is 0 Å². The van der Waals surface area contributed by atoms with E-state index in [-0.39, 0.29) is 4.90 Å². The highest BCUT2D eigenvalue weighted by Gasteiger charge is 2.07. The van der Waals surface area contributed by atoms with Gasteiger partial charge in [-0.25, -0.2) is 0 Å². The molecule has 0 unspecified atom stereocenters. The lowest BCUT2D eigenvalue weighted by Crippen LogP contribution is -1.96. The topological polar surface area (TPSA) is 88.3 Å². The normalized spacial score (nSPS) is 11.7. The molecule has 2 rings (SSSR count). The van der Waals surface area contributed by atoms with Gasteiger partial charge in [0.25, 0.3) is 10.1 Å². The van der Waals surface area contributed by atoms with Crippen LogP contribution >= 0.6 is 0 Å². The SMILES string of the molecule is CCOc1ccc(N=Nc2ccc(S(=O)(=O)O)cc2)cc1. The molecule has 0 amide bonds. The first-order valence-electron chi connectivity index (χ1n) is 6.21. The highest BCUT2D eigenvalue weighted by atomic mass is 32.2. The summed E-state index contributed by atoms with van der Waals surface area (Å²) in [5.41, 5.74) is 1.13. The van der Waals surface area contributed by atoms with Gasteiger partial charge in [-0.2, -0.15) is 18.6 Å². The standard InChI is InChI=1S/C14H14N2O4S/c1-2-20-13-7-3-11(4-8-13)15-16-12-5-9-14(10-6-12)21(17,18)19/h3-10H,2H2,1H3,(H,17,18,19). The van der Waals surface area contributed by atoms with Crippen LogP contribution in [0.4, 0.5) is 11.4 Å². The van der Waals surface area contributed by atoms with Crippen molar-refractivity contribution < 1.29 is 17.7 Å². The number of ether oxygens (including phenoxy) is 1. The van der Waals surface area contributed by atoms with Gasteiger partial charge in [-0.05, 0) is 55.5 Å². The minimum Gasteiger partial charge on any atom is -0.494 e. The molecule has 110 valence electrons. The number of benzene rings is 2. The van der Waals surface area contributed by atoms with Crippen LogP contribution in [0, 0.1) is 0 Å². The van der Waals surface area contributed by atoms with Crippen molar-refractivity contribution in [3.63, 3.8) is 0 Å². The fourth-order valence-electron chi connectivity index (χ4n) is 1.58. The largest absolute Gasteiger partial charge is 0.494 e. The Hall–Kier alpha value is -2.25. The lowest BCUT2D eigenvalue weighted by atomic mass is 10.3. The van der Waals surface area contributed by atoms with Crippen LogP contribution < -0.4 is 4.74 Å². The molecule has 0 aliphatic carbocycles. The van der Waals surface area contributed by atoms with Crippen LogP contribution in [0.25, 0.3) is 0 Å². The van der Waals surface area contributed by atoms with Crippen molar-refractivity contribution >= 4 is 21.5 Å². The first-order chi connectivity index (χ1) is 9.99. The van der Waals surface area contributed by atoms with Crippen LogP contribution in [0.15, 0.2) is 63.7 Å². The van der Waals surface area contributed by atoms with Crippen molar-refractivity contribution in [2.24, 2.45) is 10.2 Å². The van der Waals surface area contributed by atoms with E-state index >= 15 is 0 Å². The molecule has 0 aliphatic heterocycles. The highest BCUT2D eigenvalue weighted by Crippen LogP contribution is 2.22. The molecule has 0 spiro atoms. The Morgan fingerprint density at radius 3 is 1.86 bits per heavy atom. The quantitative estimate of drug-likeness (QED) is 0.673. The second-order valence-electron chi connectivity index (χ2n) is 4.10. The Labute approximate surface area is 122 Å². The van der Waals surface area contributed by atoms with Crippen LogP contribution in [0.3, 0.4) is 0 Å². The molecule has 1 N–H and O–H groups in total. The van der Waals surface area contributed by atoms with E-state index in [4.69, 9.17) is 9.29 Å². The second kappa shape index (κ2) is 6.47. The van der Waals surface area contributed by atoms with E-state index in [1.807, 2.05) is 6.92 Å². The average Bonchev–Trinajstić information content (AvgIpc) is 2.46. The van der Waals surface area contributed by atoms with Crippen LogP contribution in [-0.2, 0) is 10.1 Å². The molecule has 0 bridgehead atoms. The maximum absolute atomic E-state index is 10.9. The summed E-state index contributed by atoms with van der Waals surface area (Å²) in [6.07, 6.45) is 0. The van der Waals surface area contributed by atoms with Crippen molar-refractivity contribution in [3.05, 3.63) is 48.5 Å². The molecule has 6 nitrogen and oxygen atoms in total. The molecule has 0 saturated heterocycles. The Morgan fingerprint density at radius 2 is 1.43 bits per heavy atom. The van der Waals surface area contributed by atoms with Crippen molar-refractivity contribution in [2.45, 2.75) is 11.8 Å². The van der Waals surface area contributed by atoms with Crippen LogP contribution in [0.1, 0.15) is 6.92 Å². The van der Waals surface area contributed by atoms with Crippen LogP contribution in [0.5, 0.6) is 5.75 Å². The summed E-state index contributed by atoms with van der Waals surface area (Å²) in [6, 6.07) is 12.6. The van der Waals surface area contributed by atoms with E-state index in [1.54, 1.807) is 24.3 Å². The summed E-state index contributed by atoms with van der Waals surface area (Å²) < 4.78 is 36.0. The number of rotatable bonds is 5. The molecule has 0 atom stereocenters. The molecule has 0 saturated carbocycles. The maximum Gasteiger partial charge on any atom is 0.294 e. The van der Waals surface area contributed by atoms with Gasteiger partial charge in [0.15, 0.2) is 0 Å². The van der Waals surface area contributed by atoms with Crippen molar-refractivity contribution in [1.29, 1.82) is 0 Å². The maximum atomic E-state index is 10.9. The molecular weight excluding hydrogens is 292 g/mol. The predicted octanol–water partition coefficient (Wildman–Crippen LogP) is 3.75. The van der Waals surface area contributed by atoms with Gasteiger partial charge in [0.05, 0.1) is 22.9 Å². The molecule has 0 heterocycles. The molecule has 2 aromatic carbocycles. The molecule has 0 aliphatic rings. The van der Waals surface area contributed by atoms with E-state index in [9.17, 15) is 8.42 Å². The van der Waals surface area contributed by atoms with E-state index in [0.717, 1.165) is 5.75 Å². The zero-order chi connectivity index (χ0) is 15.3.